The third kappa shape index (κ3) is 5.26. The van der Waals surface area contributed by atoms with Crippen molar-refractivity contribution in [3.05, 3.63) is 107 Å². The highest BCUT2D eigenvalue weighted by Crippen LogP contribution is 2.34. The minimum atomic E-state index is -4.47. The maximum atomic E-state index is 13.4. The van der Waals surface area contributed by atoms with E-state index >= 15 is 0 Å². The molecule has 1 heterocycles. The van der Waals surface area contributed by atoms with Crippen molar-refractivity contribution < 1.29 is 27.8 Å². The number of aromatic nitrogens is 1. The van der Waals surface area contributed by atoms with Gasteiger partial charge >= 0.3 is 12.1 Å². The summed E-state index contributed by atoms with van der Waals surface area (Å²) in [5.41, 5.74) is 2.03. The molecule has 168 valence electrons. The van der Waals surface area contributed by atoms with Crippen molar-refractivity contribution >= 4 is 22.9 Å². The van der Waals surface area contributed by atoms with Crippen LogP contribution in [0, 0.1) is 0 Å². The zero-order valence-electron chi connectivity index (χ0n) is 17.4. The average Bonchev–Trinajstić information content (AvgIpc) is 3.20. The number of ether oxygens (including phenoxy) is 1. The molecule has 3 aromatic carbocycles. The third-order valence-electron chi connectivity index (χ3n) is 5.22. The van der Waals surface area contributed by atoms with Crippen LogP contribution in [-0.4, -0.2) is 15.6 Å². The fourth-order valence-corrected chi connectivity index (χ4v) is 3.63. The molecule has 4 rings (SSSR count). The summed E-state index contributed by atoms with van der Waals surface area (Å²) in [6.45, 7) is 0.388. The normalized spacial score (nSPS) is 11.8. The number of alkyl halides is 3. The lowest BCUT2D eigenvalue weighted by molar-refractivity contribution is -0.137. The van der Waals surface area contributed by atoms with Gasteiger partial charge < -0.3 is 14.4 Å². The number of nitrogens with zero attached hydrogens (tertiary/aromatic N) is 1. The molecule has 0 saturated heterocycles. The van der Waals surface area contributed by atoms with Crippen LogP contribution in [0.2, 0.25) is 0 Å². The van der Waals surface area contributed by atoms with E-state index in [4.69, 9.17) is 9.84 Å². The quantitative estimate of drug-likeness (QED) is 0.332. The van der Waals surface area contributed by atoms with Crippen molar-refractivity contribution in [1.82, 2.24) is 4.57 Å². The van der Waals surface area contributed by atoms with Gasteiger partial charge in [0.05, 0.1) is 12.1 Å². The molecule has 0 saturated carbocycles. The van der Waals surface area contributed by atoms with E-state index in [0.717, 1.165) is 34.7 Å². The van der Waals surface area contributed by atoms with Crippen LogP contribution in [0.25, 0.3) is 17.0 Å². The summed E-state index contributed by atoms with van der Waals surface area (Å²) in [6, 6.07) is 20.1. The van der Waals surface area contributed by atoms with Gasteiger partial charge in [0.15, 0.2) is 0 Å². The summed E-state index contributed by atoms with van der Waals surface area (Å²) in [5.74, 6) is -0.689. The van der Waals surface area contributed by atoms with Crippen LogP contribution in [0.3, 0.4) is 0 Å². The molecular formula is C26H20F3NO3. The lowest BCUT2D eigenvalue weighted by Crippen LogP contribution is -2.09. The number of halogens is 3. The summed E-state index contributed by atoms with van der Waals surface area (Å²) in [6.07, 6.45) is -0.160. The molecule has 0 aliphatic carbocycles. The van der Waals surface area contributed by atoms with Gasteiger partial charge in [0.1, 0.15) is 12.4 Å². The number of carboxylic acid groups (broad SMARTS) is 1. The fourth-order valence-electron chi connectivity index (χ4n) is 3.63. The second-order valence-corrected chi connectivity index (χ2v) is 7.49. The molecule has 0 aliphatic heterocycles. The van der Waals surface area contributed by atoms with E-state index in [-0.39, 0.29) is 13.2 Å². The second-order valence-electron chi connectivity index (χ2n) is 7.49. The number of aliphatic carboxylic acids is 1. The Kier molecular flexibility index (Phi) is 6.22. The van der Waals surface area contributed by atoms with Crippen molar-refractivity contribution in [3.8, 4) is 5.75 Å². The molecule has 7 heteroatoms. The molecule has 0 atom stereocenters. The van der Waals surface area contributed by atoms with Crippen molar-refractivity contribution in [3.63, 3.8) is 0 Å². The van der Waals surface area contributed by atoms with Crippen LogP contribution in [0.5, 0.6) is 5.75 Å². The molecule has 1 aromatic heterocycles. The van der Waals surface area contributed by atoms with Crippen LogP contribution in [0.15, 0.2) is 85.1 Å². The predicted octanol–water partition coefficient (Wildman–Crippen LogP) is 6.39. The Morgan fingerprint density at radius 1 is 1.00 bits per heavy atom. The van der Waals surface area contributed by atoms with Gasteiger partial charge in [0.25, 0.3) is 0 Å². The number of carboxylic acids is 1. The molecule has 1 N–H and O–H groups in total. The first-order valence-corrected chi connectivity index (χ1v) is 10.2. The van der Waals surface area contributed by atoms with Gasteiger partial charge in [-0.25, -0.2) is 4.79 Å². The van der Waals surface area contributed by atoms with Gasteiger partial charge in [-0.15, -0.1) is 0 Å². The molecule has 4 aromatic rings. The van der Waals surface area contributed by atoms with E-state index in [2.05, 4.69) is 0 Å². The van der Waals surface area contributed by atoms with Gasteiger partial charge in [-0.1, -0.05) is 42.5 Å². The van der Waals surface area contributed by atoms with E-state index in [9.17, 15) is 18.0 Å². The smallest absolute Gasteiger partial charge is 0.416 e. The van der Waals surface area contributed by atoms with E-state index in [0.29, 0.717) is 16.9 Å². The van der Waals surface area contributed by atoms with Crippen molar-refractivity contribution in [2.24, 2.45) is 0 Å². The first-order valence-electron chi connectivity index (χ1n) is 10.2. The zero-order chi connectivity index (χ0) is 23.4. The molecular weight excluding hydrogens is 431 g/mol. The molecule has 4 nitrogen and oxygen atoms in total. The fraction of sp³-hybridized carbons (Fsp3) is 0.115. The van der Waals surface area contributed by atoms with Crippen LogP contribution >= 0.6 is 0 Å². The summed E-state index contributed by atoms with van der Waals surface area (Å²) in [4.78, 5) is 10.9. The van der Waals surface area contributed by atoms with Gasteiger partial charge in [-0.2, -0.15) is 13.2 Å². The number of hydrogen-bond donors (Lipinski definition) is 1. The molecule has 0 unspecified atom stereocenters. The first kappa shape index (κ1) is 22.2. The zero-order valence-corrected chi connectivity index (χ0v) is 17.4. The lowest BCUT2D eigenvalue weighted by atomic mass is 10.1. The SMILES string of the molecule is O=C(O)/C=C/c1cccc2c1ccn2Cc1cc(C(F)(F)F)ccc1OCc1ccccc1. The van der Waals surface area contributed by atoms with Crippen LogP contribution < -0.4 is 4.74 Å². The molecule has 0 bridgehead atoms. The highest BCUT2D eigenvalue weighted by atomic mass is 19.4. The highest BCUT2D eigenvalue weighted by Gasteiger charge is 2.31. The Bertz CT molecular complexity index is 1310. The lowest BCUT2D eigenvalue weighted by Gasteiger charge is -2.16. The minimum Gasteiger partial charge on any atom is -0.489 e. The van der Waals surface area contributed by atoms with Crippen LogP contribution in [0.1, 0.15) is 22.3 Å². The maximum Gasteiger partial charge on any atom is 0.416 e. The summed E-state index contributed by atoms with van der Waals surface area (Å²) in [7, 11) is 0. The number of fused-ring (bicyclic) bond motifs is 1. The molecule has 0 aliphatic rings. The van der Waals surface area contributed by atoms with Gasteiger partial charge in [0, 0.05) is 28.7 Å². The van der Waals surface area contributed by atoms with Crippen LogP contribution in [0.4, 0.5) is 13.2 Å². The molecule has 0 spiro atoms. The monoisotopic (exact) mass is 451 g/mol. The third-order valence-corrected chi connectivity index (χ3v) is 5.22. The van der Waals surface area contributed by atoms with Crippen molar-refractivity contribution in [1.29, 1.82) is 0 Å². The summed E-state index contributed by atoms with van der Waals surface area (Å²) < 4.78 is 47.8. The standard InChI is InChI=1S/C26H20F3NO3/c27-26(28,29)21-10-11-24(33-17-18-5-2-1-3-6-18)20(15-21)16-30-14-13-22-19(9-12-25(31)32)7-4-8-23(22)30/h1-15H,16-17H2,(H,31,32)/b12-9+. The highest BCUT2D eigenvalue weighted by molar-refractivity contribution is 5.93. The number of rotatable bonds is 7. The topological polar surface area (TPSA) is 51.5 Å². The van der Waals surface area contributed by atoms with Crippen molar-refractivity contribution in [2.45, 2.75) is 19.3 Å². The van der Waals surface area contributed by atoms with E-state index in [1.807, 2.05) is 47.0 Å². The Balaban J connectivity index is 1.69. The Morgan fingerprint density at radius 3 is 2.52 bits per heavy atom. The Labute approximate surface area is 188 Å². The molecule has 0 radical (unpaired) electrons. The van der Waals surface area contributed by atoms with Gasteiger partial charge in [-0.3, -0.25) is 0 Å². The minimum absolute atomic E-state index is 0.156. The molecule has 33 heavy (non-hydrogen) atoms. The molecule has 0 amide bonds. The van der Waals surface area contributed by atoms with Crippen LogP contribution in [-0.2, 0) is 24.1 Å². The van der Waals surface area contributed by atoms with E-state index in [1.165, 1.54) is 12.1 Å². The number of hydrogen-bond acceptors (Lipinski definition) is 2. The average molecular weight is 451 g/mol. The Morgan fingerprint density at radius 2 is 1.79 bits per heavy atom. The maximum absolute atomic E-state index is 13.4. The molecule has 0 fully saturated rings. The van der Waals surface area contributed by atoms with Gasteiger partial charge in [0.2, 0.25) is 0 Å². The first-order chi connectivity index (χ1) is 15.8. The van der Waals surface area contributed by atoms with Gasteiger partial charge in [-0.05, 0) is 47.5 Å². The largest absolute Gasteiger partial charge is 0.489 e. The predicted molar refractivity (Wildman–Crippen MR) is 120 cm³/mol. The van der Waals surface area contributed by atoms with Crippen molar-refractivity contribution in [2.75, 3.05) is 0 Å². The Hall–Kier alpha value is -4.00. The number of benzene rings is 3. The summed E-state index contributed by atoms with van der Waals surface area (Å²) in [5, 5.41) is 9.70. The van der Waals surface area contributed by atoms with E-state index in [1.54, 1.807) is 18.3 Å². The number of carbonyl (C=O) groups is 1. The van der Waals surface area contributed by atoms with E-state index < -0.39 is 17.7 Å². The summed E-state index contributed by atoms with van der Waals surface area (Å²) >= 11 is 0. The second kappa shape index (κ2) is 9.24.